The smallest absolute Gasteiger partial charge is 0.335 e. The van der Waals surface area contributed by atoms with Crippen LogP contribution in [-0.4, -0.2) is 22.2 Å². The summed E-state index contributed by atoms with van der Waals surface area (Å²) >= 11 is 4.31. The number of anilines is 1. The minimum absolute atomic E-state index is 0.201. The largest absolute Gasteiger partial charge is 0.488 e. The van der Waals surface area contributed by atoms with E-state index in [1.165, 1.54) is 12.1 Å². The predicted octanol–water partition coefficient (Wildman–Crippen LogP) is 5.97. The van der Waals surface area contributed by atoms with Gasteiger partial charge in [-0.2, -0.15) is 0 Å². The second kappa shape index (κ2) is 9.42. The number of nitrogens with zero attached hydrogens (tertiary/aromatic N) is 1. The normalized spacial score (nSPS) is 14.8. The van der Waals surface area contributed by atoms with Crippen LogP contribution in [-0.2, 0) is 11.4 Å². The highest BCUT2D eigenvalue weighted by molar-refractivity contribution is 9.10. The summed E-state index contributed by atoms with van der Waals surface area (Å²) in [4.78, 5) is 37.8. The number of carboxylic acids is 1. The average Bonchev–Trinajstić information content (AvgIpc) is 3.06. The first-order valence-electron chi connectivity index (χ1n) is 9.50. The van der Waals surface area contributed by atoms with Gasteiger partial charge in [0.05, 0.1) is 16.2 Å². The van der Waals surface area contributed by atoms with E-state index in [4.69, 9.17) is 9.84 Å². The highest BCUT2D eigenvalue weighted by atomic mass is 79.9. The van der Waals surface area contributed by atoms with Crippen molar-refractivity contribution in [2.75, 3.05) is 4.90 Å². The number of rotatable bonds is 6. The van der Waals surface area contributed by atoms with Crippen molar-refractivity contribution in [1.29, 1.82) is 0 Å². The third-order valence-corrected chi connectivity index (χ3v) is 6.02. The zero-order valence-electron chi connectivity index (χ0n) is 16.5. The van der Waals surface area contributed by atoms with E-state index in [0.717, 1.165) is 26.7 Å². The molecule has 1 heterocycles. The highest BCUT2D eigenvalue weighted by Crippen LogP contribution is 2.37. The van der Waals surface area contributed by atoms with E-state index in [2.05, 4.69) is 15.9 Å². The summed E-state index contributed by atoms with van der Waals surface area (Å²) < 4.78 is 6.73. The molecule has 3 aromatic rings. The maximum absolute atomic E-state index is 12.9. The number of carboxylic acid groups (broad SMARTS) is 1. The Bertz CT molecular complexity index is 1220. The van der Waals surface area contributed by atoms with E-state index in [0.29, 0.717) is 21.9 Å². The molecule has 1 aliphatic rings. The number of ether oxygens (including phenoxy) is 1. The molecule has 6 nitrogen and oxygen atoms in total. The lowest BCUT2D eigenvalue weighted by atomic mass is 10.1. The number of para-hydroxylation sites is 1. The Kier molecular flexibility index (Phi) is 6.43. The number of hydrogen-bond acceptors (Lipinski definition) is 5. The van der Waals surface area contributed by atoms with Gasteiger partial charge >= 0.3 is 5.97 Å². The second-order valence-corrected chi connectivity index (χ2v) is 8.73. The van der Waals surface area contributed by atoms with E-state index in [-0.39, 0.29) is 23.3 Å². The molecule has 0 saturated carbocycles. The van der Waals surface area contributed by atoms with Crippen LogP contribution in [0, 0.1) is 0 Å². The summed E-state index contributed by atoms with van der Waals surface area (Å²) in [6.45, 7) is 0.216. The number of thioether (sulfide) groups is 1. The molecule has 0 aromatic heterocycles. The summed E-state index contributed by atoms with van der Waals surface area (Å²) in [5, 5.41) is 8.66. The molecule has 32 heavy (non-hydrogen) atoms. The van der Waals surface area contributed by atoms with Gasteiger partial charge in [0, 0.05) is 10.0 Å². The second-order valence-electron chi connectivity index (χ2n) is 6.83. The van der Waals surface area contributed by atoms with Crippen molar-refractivity contribution < 1.29 is 24.2 Å². The molecule has 0 spiro atoms. The van der Waals surface area contributed by atoms with Crippen molar-refractivity contribution in [3.8, 4) is 5.75 Å². The molecule has 0 radical (unpaired) electrons. The fourth-order valence-corrected chi connectivity index (χ4v) is 4.29. The fraction of sp³-hybridized carbons (Fsp3) is 0.0417. The van der Waals surface area contributed by atoms with Gasteiger partial charge in [-0.05, 0) is 65.9 Å². The molecule has 0 aliphatic carbocycles. The Morgan fingerprint density at radius 2 is 1.75 bits per heavy atom. The number of imide groups is 1. The van der Waals surface area contributed by atoms with Crippen molar-refractivity contribution in [2.24, 2.45) is 0 Å². The minimum Gasteiger partial charge on any atom is -0.488 e. The lowest BCUT2D eigenvalue weighted by molar-refractivity contribution is -0.113. The molecule has 1 N–H and O–H groups in total. The van der Waals surface area contributed by atoms with Crippen molar-refractivity contribution in [3.63, 3.8) is 0 Å². The summed E-state index contributed by atoms with van der Waals surface area (Å²) in [6, 6.07) is 20.6. The van der Waals surface area contributed by atoms with Crippen LogP contribution in [0.4, 0.5) is 10.5 Å². The van der Waals surface area contributed by atoms with Crippen LogP contribution in [0.1, 0.15) is 21.5 Å². The maximum atomic E-state index is 12.9. The van der Waals surface area contributed by atoms with E-state index in [1.807, 2.05) is 12.1 Å². The Morgan fingerprint density at radius 1 is 1.03 bits per heavy atom. The van der Waals surface area contributed by atoms with Gasteiger partial charge in [-0.25, -0.2) is 9.69 Å². The third-order valence-electron chi connectivity index (χ3n) is 4.66. The Morgan fingerprint density at radius 3 is 2.44 bits per heavy atom. The van der Waals surface area contributed by atoms with Crippen molar-refractivity contribution in [2.45, 2.75) is 6.61 Å². The van der Waals surface area contributed by atoms with Crippen LogP contribution in [0.3, 0.4) is 0 Å². The monoisotopic (exact) mass is 509 g/mol. The molecule has 0 bridgehead atoms. The topological polar surface area (TPSA) is 83.9 Å². The molecular formula is C24H16BrNO5S. The lowest BCUT2D eigenvalue weighted by Crippen LogP contribution is -2.27. The zero-order valence-corrected chi connectivity index (χ0v) is 18.9. The summed E-state index contributed by atoms with van der Waals surface area (Å²) in [7, 11) is 0. The first-order chi connectivity index (χ1) is 15.4. The van der Waals surface area contributed by atoms with Gasteiger partial charge in [-0.15, -0.1) is 0 Å². The van der Waals surface area contributed by atoms with E-state index < -0.39 is 5.97 Å². The fourth-order valence-electron chi connectivity index (χ4n) is 3.08. The maximum Gasteiger partial charge on any atom is 0.335 e. The van der Waals surface area contributed by atoms with Crippen molar-refractivity contribution >= 4 is 56.6 Å². The highest BCUT2D eigenvalue weighted by Gasteiger charge is 2.36. The van der Waals surface area contributed by atoms with Crippen molar-refractivity contribution in [1.82, 2.24) is 0 Å². The van der Waals surface area contributed by atoms with Gasteiger partial charge in [-0.3, -0.25) is 9.59 Å². The van der Waals surface area contributed by atoms with Gasteiger partial charge in [0.25, 0.3) is 11.1 Å². The van der Waals surface area contributed by atoms with Crippen LogP contribution in [0.2, 0.25) is 0 Å². The minimum atomic E-state index is -0.989. The molecule has 1 aliphatic heterocycles. The van der Waals surface area contributed by atoms with Gasteiger partial charge < -0.3 is 9.84 Å². The van der Waals surface area contributed by atoms with Crippen LogP contribution in [0.15, 0.2) is 82.2 Å². The SMILES string of the molecule is O=C(O)c1ccc(COc2ccc(Br)cc2/C=C2\SC(=O)N(c3ccccc3)C2=O)cc1. The number of benzene rings is 3. The number of halogens is 1. The Labute approximate surface area is 196 Å². The van der Waals surface area contributed by atoms with Crippen LogP contribution < -0.4 is 9.64 Å². The molecule has 0 atom stereocenters. The van der Waals surface area contributed by atoms with Crippen LogP contribution in [0.25, 0.3) is 6.08 Å². The number of carbonyl (C=O) groups is 3. The number of carbonyl (C=O) groups excluding carboxylic acids is 2. The average molecular weight is 510 g/mol. The molecular weight excluding hydrogens is 494 g/mol. The molecule has 8 heteroatoms. The quantitative estimate of drug-likeness (QED) is 0.412. The molecule has 3 aromatic carbocycles. The molecule has 1 saturated heterocycles. The molecule has 0 unspecified atom stereocenters. The summed E-state index contributed by atoms with van der Waals surface area (Å²) in [5.74, 6) is -0.847. The van der Waals surface area contributed by atoms with Gasteiger partial charge in [0.15, 0.2) is 0 Å². The predicted molar refractivity (Wildman–Crippen MR) is 127 cm³/mol. The lowest BCUT2D eigenvalue weighted by Gasteiger charge is -2.12. The molecule has 4 rings (SSSR count). The van der Waals surface area contributed by atoms with Gasteiger partial charge in [0.1, 0.15) is 12.4 Å². The van der Waals surface area contributed by atoms with Crippen molar-refractivity contribution in [3.05, 3.63) is 98.9 Å². The number of amides is 2. The van der Waals surface area contributed by atoms with E-state index in [9.17, 15) is 14.4 Å². The molecule has 1 fully saturated rings. The first-order valence-corrected chi connectivity index (χ1v) is 11.1. The van der Waals surface area contributed by atoms with E-state index >= 15 is 0 Å². The molecule has 2 amide bonds. The zero-order chi connectivity index (χ0) is 22.7. The third kappa shape index (κ3) is 4.76. The van der Waals surface area contributed by atoms with Gasteiger partial charge in [-0.1, -0.05) is 46.3 Å². The van der Waals surface area contributed by atoms with Crippen LogP contribution >= 0.6 is 27.7 Å². The van der Waals surface area contributed by atoms with Gasteiger partial charge in [0.2, 0.25) is 0 Å². The first kappa shape index (κ1) is 21.9. The summed E-state index contributed by atoms with van der Waals surface area (Å²) in [6.07, 6.45) is 1.64. The number of hydrogen-bond donors (Lipinski definition) is 1. The molecule has 160 valence electrons. The Balaban J connectivity index is 1.57. The Hall–Kier alpha value is -3.36. The van der Waals surface area contributed by atoms with Crippen LogP contribution in [0.5, 0.6) is 5.75 Å². The van der Waals surface area contributed by atoms with E-state index in [1.54, 1.807) is 54.6 Å². The summed E-state index contributed by atoms with van der Waals surface area (Å²) in [5.41, 5.74) is 2.16. The number of aromatic carboxylic acids is 1. The standard InChI is InChI=1S/C24H16BrNO5S/c25-18-10-11-20(31-14-15-6-8-16(9-7-15)23(28)29)17(12-18)13-21-22(27)26(24(30)32-21)19-4-2-1-3-5-19/h1-13H,14H2,(H,28,29)/b21-13-.